The Morgan fingerprint density at radius 3 is 2.28 bits per heavy atom. The van der Waals surface area contributed by atoms with Crippen LogP contribution in [0.15, 0.2) is 23.4 Å². The molecule has 0 aliphatic carbocycles. The highest BCUT2D eigenvalue weighted by atomic mass is 19.4. The molecule has 0 saturated carbocycles. The minimum atomic E-state index is -4.86. The number of aromatic amines is 1. The summed E-state index contributed by atoms with van der Waals surface area (Å²) in [7, 11) is 0. The predicted molar refractivity (Wildman–Crippen MR) is 115 cm³/mol. The Kier molecular flexibility index (Phi) is 8.73. The standard InChI is InChI=1S/C20H25F6N7O3/c1-12(30-15-8-29-31-17(35)16(15)20(24,25)26)10-36-11-14(34)9-32-2-4-33(5-3-32)18-27-6-13(7-28-18)19(21,22)23/h6-8,12,14,34H,2-5,9-11H2,1H3,(H2,30,31,35)/t12-,14?/m0/s1. The highest BCUT2D eigenvalue weighted by molar-refractivity contribution is 5.50. The average Bonchev–Trinajstić information content (AvgIpc) is 2.78. The number of aliphatic hydroxyl groups is 1. The van der Waals surface area contributed by atoms with Gasteiger partial charge >= 0.3 is 12.4 Å². The molecule has 1 aliphatic heterocycles. The molecule has 1 unspecified atom stereocenters. The van der Waals surface area contributed by atoms with E-state index in [1.807, 2.05) is 4.90 Å². The van der Waals surface area contributed by atoms with E-state index in [4.69, 9.17) is 4.74 Å². The molecule has 3 N–H and O–H groups in total. The van der Waals surface area contributed by atoms with Crippen LogP contribution in [0.3, 0.4) is 0 Å². The molecule has 0 radical (unpaired) electrons. The summed E-state index contributed by atoms with van der Waals surface area (Å²) in [5, 5.41) is 17.9. The van der Waals surface area contributed by atoms with Crippen LogP contribution in [0.4, 0.5) is 38.0 Å². The molecule has 3 rings (SSSR count). The van der Waals surface area contributed by atoms with E-state index >= 15 is 0 Å². The molecule has 2 aromatic heterocycles. The van der Waals surface area contributed by atoms with Crippen LogP contribution in [0.2, 0.25) is 0 Å². The molecule has 36 heavy (non-hydrogen) atoms. The normalized spacial score (nSPS) is 17.2. The van der Waals surface area contributed by atoms with Gasteiger partial charge in [0.15, 0.2) is 0 Å². The maximum atomic E-state index is 13.1. The molecule has 1 fully saturated rings. The second-order valence-electron chi connectivity index (χ2n) is 8.28. The van der Waals surface area contributed by atoms with E-state index in [1.165, 1.54) is 0 Å². The van der Waals surface area contributed by atoms with Crippen LogP contribution in [0.25, 0.3) is 0 Å². The van der Waals surface area contributed by atoms with Crippen LogP contribution >= 0.6 is 0 Å². The number of aliphatic hydroxyl groups excluding tert-OH is 1. The fraction of sp³-hybridized carbons (Fsp3) is 0.600. The van der Waals surface area contributed by atoms with Crippen molar-refractivity contribution in [1.82, 2.24) is 25.1 Å². The van der Waals surface area contributed by atoms with Gasteiger partial charge in [-0.25, -0.2) is 15.1 Å². The minimum absolute atomic E-state index is 0.0415. The fourth-order valence-electron chi connectivity index (χ4n) is 3.59. The first kappa shape index (κ1) is 27.6. The third-order valence-electron chi connectivity index (χ3n) is 5.31. The molecule has 0 aromatic carbocycles. The average molecular weight is 525 g/mol. The molecular formula is C20H25F6N7O3. The number of rotatable bonds is 9. The molecular weight excluding hydrogens is 500 g/mol. The first-order valence-corrected chi connectivity index (χ1v) is 10.9. The molecule has 0 spiro atoms. The first-order valence-electron chi connectivity index (χ1n) is 10.9. The maximum Gasteiger partial charge on any atom is 0.423 e. The van der Waals surface area contributed by atoms with Crippen molar-refractivity contribution >= 4 is 11.6 Å². The largest absolute Gasteiger partial charge is 0.423 e. The van der Waals surface area contributed by atoms with Gasteiger partial charge in [0.2, 0.25) is 5.95 Å². The lowest BCUT2D eigenvalue weighted by Crippen LogP contribution is -2.49. The van der Waals surface area contributed by atoms with Gasteiger partial charge in [0.05, 0.1) is 36.8 Å². The number of β-amino-alcohol motifs (C(OH)–C–C–N with tert-alkyl or cyclic N) is 1. The molecule has 3 heterocycles. The van der Waals surface area contributed by atoms with Crippen molar-refractivity contribution in [2.45, 2.75) is 31.4 Å². The predicted octanol–water partition coefficient (Wildman–Crippen LogP) is 1.60. The van der Waals surface area contributed by atoms with Crippen molar-refractivity contribution in [2.24, 2.45) is 0 Å². The van der Waals surface area contributed by atoms with E-state index < -0.39 is 46.9 Å². The van der Waals surface area contributed by atoms with Crippen LogP contribution in [0.5, 0.6) is 0 Å². The highest BCUT2D eigenvalue weighted by Gasteiger charge is 2.37. The van der Waals surface area contributed by atoms with Crippen molar-refractivity contribution in [1.29, 1.82) is 0 Å². The molecule has 0 amide bonds. The number of alkyl halides is 6. The molecule has 2 atom stereocenters. The zero-order valence-electron chi connectivity index (χ0n) is 19.1. The SMILES string of the molecule is C[C@@H](COCC(O)CN1CCN(c2ncc(C(F)(F)F)cn2)CC1)Nc1cn[nH]c(=O)c1C(F)(F)F. The zero-order chi connectivity index (χ0) is 26.5. The molecule has 2 aromatic rings. The van der Waals surface area contributed by atoms with Crippen molar-refractivity contribution < 1.29 is 36.2 Å². The summed E-state index contributed by atoms with van der Waals surface area (Å²) < 4.78 is 82.7. The summed E-state index contributed by atoms with van der Waals surface area (Å²) in [5.41, 5.74) is -4.14. The minimum Gasteiger partial charge on any atom is -0.389 e. The number of hydrogen-bond acceptors (Lipinski definition) is 9. The van der Waals surface area contributed by atoms with Gasteiger partial charge in [-0.2, -0.15) is 31.4 Å². The Hall–Kier alpha value is -2.98. The number of hydrogen-bond donors (Lipinski definition) is 3. The van der Waals surface area contributed by atoms with Crippen molar-refractivity contribution in [3.8, 4) is 0 Å². The number of nitrogens with one attached hydrogen (secondary N) is 2. The first-order chi connectivity index (χ1) is 16.8. The van der Waals surface area contributed by atoms with Crippen molar-refractivity contribution in [2.75, 3.05) is 56.2 Å². The Balaban J connectivity index is 1.39. The number of piperazine rings is 1. The number of nitrogens with zero attached hydrogens (tertiary/aromatic N) is 5. The van der Waals surface area contributed by atoms with E-state index in [2.05, 4.69) is 20.4 Å². The van der Waals surface area contributed by atoms with E-state index in [0.29, 0.717) is 26.2 Å². The fourth-order valence-corrected chi connectivity index (χ4v) is 3.59. The van der Waals surface area contributed by atoms with Crippen molar-refractivity contribution in [3.63, 3.8) is 0 Å². The van der Waals surface area contributed by atoms with Gasteiger partial charge in [-0.1, -0.05) is 0 Å². The second-order valence-corrected chi connectivity index (χ2v) is 8.28. The Morgan fingerprint density at radius 2 is 1.69 bits per heavy atom. The van der Waals surface area contributed by atoms with Crippen molar-refractivity contribution in [3.05, 3.63) is 40.1 Å². The molecule has 16 heteroatoms. The Morgan fingerprint density at radius 1 is 1.06 bits per heavy atom. The zero-order valence-corrected chi connectivity index (χ0v) is 19.1. The van der Waals surface area contributed by atoms with Gasteiger partial charge < -0.3 is 20.1 Å². The summed E-state index contributed by atoms with van der Waals surface area (Å²) >= 11 is 0. The Labute approximate surface area is 201 Å². The smallest absolute Gasteiger partial charge is 0.389 e. The highest BCUT2D eigenvalue weighted by Crippen LogP contribution is 2.31. The van der Waals surface area contributed by atoms with E-state index in [9.17, 15) is 36.2 Å². The lowest BCUT2D eigenvalue weighted by molar-refractivity contribution is -0.139. The summed E-state index contributed by atoms with van der Waals surface area (Å²) in [6.45, 7) is 3.62. The number of aromatic nitrogens is 4. The number of H-pyrrole nitrogens is 1. The molecule has 200 valence electrons. The molecule has 1 saturated heterocycles. The topological polar surface area (TPSA) is 120 Å². The van der Waals surface area contributed by atoms with Gasteiger partial charge in [0, 0.05) is 51.2 Å². The quantitative estimate of drug-likeness (QED) is 0.420. The number of anilines is 2. The van der Waals surface area contributed by atoms with Gasteiger partial charge in [0.25, 0.3) is 5.56 Å². The van der Waals surface area contributed by atoms with E-state index in [0.717, 1.165) is 18.6 Å². The number of ether oxygens (including phenoxy) is 1. The molecule has 1 aliphatic rings. The van der Waals surface area contributed by atoms with Crippen LogP contribution in [-0.2, 0) is 17.1 Å². The van der Waals surface area contributed by atoms with Crippen LogP contribution in [0, 0.1) is 0 Å². The van der Waals surface area contributed by atoms with E-state index in [1.54, 1.807) is 16.9 Å². The van der Waals surface area contributed by atoms with Gasteiger partial charge in [-0.15, -0.1) is 0 Å². The second kappa shape index (κ2) is 11.4. The Bertz CT molecular complexity index is 1040. The van der Waals surface area contributed by atoms with Crippen LogP contribution in [0.1, 0.15) is 18.1 Å². The lowest BCUT2D eigenvalue weighted by atomic mass is 10.2. The maximum absolute atomic E-state index is 13.1. The summed E-state index contributed by atoms with van der Waals surface area (Å²) in [4.78, 5) is 22.8. The van der Waals surface area contributed by atoms with E-state index in [-0.39, 0.29) is 25.7 Å². The van der Waals surface area contributed by atoms with Gasteiger partial charge in [0.1, 0.15) is 5.56 Å². The summed E-state index contributed by atoms with van der Waals surface area (Å²) in [6, 6.07) is -0.617. The summed E-state index contributed by atoms with van der Waals surface area (Å²) in [6.07, 6.45) is -7.90. The third-order valence-corrected chi connectivity index (χ3v) is 5.31. The third kappa shape index (κ3) is 7.51. The van der Waals surface area contributed by atoms with Crippen LogP contribution < -0.4 is 15.8 Å². The summed E-state index contributed by atoms with van der Waals surface area (Å²) in [5.74, 6) is 0.192. The van der Waals surface area contributed by atoms with Gasteiger partial charge in [-0.3, -0.25) is 9.69 Å². The lowest BCUT2D eigenvalue weighted by Gasteiger charge is -2.35. The monoisotopic (exact) mass is 525 g/mol. The number of halogens is 6. The van der Waals surface area contributed by atoms with Gasteiger partial charge in [-0.05, 0) is 6.92 Å². The molecule has 0 bridgehead atoms. The van der Waals surface area contributed by atoms with Crippen LogP contribution in [-0.4, -0.2) is 88.3 Å². The molecule has 10 nitrogen and oxygen atoms in total.